The molecule has 2 rings (SSSR count). The van der Waals surface area contributed by atoms with Crippen molar-refractivity contribution in [2.45, 2.75) is 52.2 Å². The summed E-state index contributed by atoms with van der Waals surface area (Å²) in [5.41, 5.74) is 2.17. The molecule has 1 aromatic carbocycles. The lowest BCUT2D eigenvalue weighted by atomic mass is 10.1. The number of ether oxygens (including phenoxy) is 1. The first kappa shape index (κ1) is 15.8. The van der Waals surface area contributed by atoms with E-state index >= 15 is 0 Å². The van der Waals surface area contributed by atoms with Crippen molar-refractivity contribution in [2.75, 3.05) is 13.7 Å². The Morgan fingerprint density at radius 1 is 1.43 bits per heavy atom. The third-order valence-electron chi connectivity index (χ3n) is 3.82. The highest BCUT2D eigenvalue weighted by molar-refractivity contribution is 5.78. The first-order chi connectivity index (χ1) is 9.99. The van der Waals surface area contributed by atoms with Gasteiger partial charge in [0.15, 0.2) is 6.61 Å². The lowest BCUT2D eigenvalue weighted by Crippen LogP contribution is -2.33. The molecule has 0 spiro atoms. The summed E-state index contributed by atoms with van der Waals surface area (Å²) in [4.78, 5) is 13.9. The number of carbonyl (C=O) groups excluding carboxylic acids is 1. The maximum Gasteiger partial charge on any atom is 0.260 e. The molecule has 1 aliphatic rings. The molecule has 0 unspecified atom stereocenters. The fourth-order valence-corrected chi connectivity index (χ4v) is 2.27. The summed E-state index contributed by atoms with van der Waals surface area (Å²) in [7, 11) is 1.86. The monoisotopic (exact) mass is 290 g/mol. The summed E-state index contributed by atoms with van der Waals surface area (Å²) in [6.07, 6.45) is 2.24. The Hall–Kier alpha value is -1.55. The van der Waals surface area contributed by atoms with E-state index < -0.39 is 0 Å². The van der Waals surface area contributed by atoms with Crippen LogP contribution in [0, 0.1) is 6.92 Å². The van der Waals surface area contributed by atoms with Crippen LogP contribution in [-0.2, 0) is 11.3 Å². The molecule has 0 aliphatic heterocycles. The fraction of sp³-hybridized carbons (Fsp3) is 0.588. The smallest absolute Gasteiger partial charge is 0.260 e. The highest BCUT2D eigenvalue weighted by Gasteiger charge is 2.29. The molecule has 21 heavy (non-hydrogen) atoms. The van der Waals surface area contributed by atoms with Gasteiger partial charge in [-0.05, 0) is 25.3 Å². The number of carbonyl (C=O) groups is 1. The van der Waals surface area contributed by atoms with Gasteiger partial charge in [-0.25, -0.2) is 0 Å². The summed E-state index contributed by atoms with van der Waals surface area (Å²) >= 11 is 0. The van der Waals surface area contributed by atoms with Gasteiger partial charge in [0.2, 0.25) is 0 Å². The first-order valence-electron chi connectivity index (χ1n) is 7.69. The van der Waals surface area contributed by atoms with E-state index in [1.807, 2.05) is 37.1 Å². The van der Waals surface area contributed by atoms with Crippen molar-refractivity contribution < 1.29 is 9.53 Å². The molecule has 0 saturated heterocycles. The molecular weight excluding hydrogens is 264 g/mol. The fourth-order valence-electron chi connectivity index (χ4n) is 2.27. The Labute approximate surface area is 127 Å². The SMILES string of the molecule is Cc1cccc(CNC(C)C)c1OCC(=O)N(C)C1CC1. The number of para-hydroxylation sites is 1. The lowest BCUT2D eigenvalue weighted by Gasteiger charge is -2.19. The number of amides is 1. The minimum Gasteiger partial charge on any atom is -0.483 e. The van der Waals surface area contributed by atoms with Gasteiger partial charge in [0, 0.05) is 31.2 Å². The number of rotatable bonds is 7. The average molecular weight is 290 g/mol. The molecule has 4 heteroatoms. The molecule has 1 saturated carbocycles. The molecule has 0 atom stereocenters. The minimum absolute atomic E-state index is 0.0588. The van der Waals surface area contributed by atoms with Crippen LogP contribution in [0.25, 0.3) is 0 Å². The summed E-state index contributed by atoms with van der Waals surface area (Å²) in [5, 5.41) is 3.39. The van der Waals surface area contributed by atoms with E-state index in [0.29, 0.717) is 12.1 Å². The molecule has 0 radical (unpaired) electrons. The van der Waals surface area contributed by atoms with E-state index in [1.54, 1.807) is 0 Å². The van der Waals surface area contributed by atoms with Gasteiger partial charge in [-0.15, -0.1) is 0 Å². The Morgan fingerprint density at radius 2 is 2.14 bits per heavy atom. The standard InChI is InChI=1S/C17H26N2O2/c1-12(2)18-10-14-7-5-6-13(3)17(14)21-11-16(20)19(4)15-8-9-15/h5-7,12,15,18H,8-11H2,1-4H3. The normalized spacial score (nSPS) is 14.3. The molecule has 0 bridgehead atoms. The van der Waals surface area contributed by atoms with Crippen LogP contribution in [0.15, 0.2) is 18.2 Å². The summed E-state index contributed by atoms with van der Waals surface area (Å²) < 4.78 is 5.83. The van der Waals surface area contributed by atoms with E-state index in [2.05, 4.69) is 19.2 Å². The predicted molar refractivity (Wildman–Crippen MR) is 84.4 cm³/mol. The second-order valence-electron chi connectivity index (χ2n) is 6.12. The Balaban J connectivity index is 1.98. The second kappa shape index (κ2) is 6.94. The van der Waals surface area contributed by atoms with E-state index in [4.69, 9.17) is 4.74 Å². The van der Waals surface area contributed by atoms with Crippen molar-refractivity contribution in [1.29, 1.82) is 0 Å². The van der Waals surface area contributed by atoms with Gasteiger partial charge in [-0.3, -0.25) is 4.79 Å². The highest BCUT2D eigenvalue weighted by Crippen LogP contribution is 2.26. The van der Waals surface area contributed by atoms with Crippen LogP contribution in [-0.4, -0.2) is 36.5 Å². The maximum absolute atomic E-state index is 12.1. The zero-order chi connectivity index (χ0) is 15.4. The molecule has 1 fully saturated rings. The second-order valence-corrected chi connectivity index (χ2v) is 6.12. The van der Waals surface area contributed by atoms with E-state index in [0.717, 1.165) is 36.3 Å². The van der Waals surface area contributed by atoms with Crippen LogP contribution in [0.4, 0.5) is 0 Å². The highest BCUT2D eigenvalue weighted by atomic mass is 16.5. The van der Waals surface area contributed by atoms with Crippen molar-refractivity contribution in [2.24, 2.45) is 0 Å². The largest absolute Gasteiger partial charge is 0.483 e. The topological polar surface area (TPSA) is 41.6 Å². The summed E-state index contributed by atoms with van der Waals surface area (Å²) in [6.45, 7) is 7.12. The van der Waals surface area contributed by atoms with E-state index in [9.17, 15) is 4.79 Å². The molecule has 0 aromatic heterocycles. The number of nitrogens with zero attached hydrogens (tertiary/aromatic N) is 1. The van der Waals surface area contributed by atoms with Gasteiger partial charge in [0.1, 0.15) is 5.75 Å². The number of likely N-dealkylation sites (N-methyl/N-ethyl adjacent to an activating group) is 1. The van der Waals surface area contributed by atoms with Crippen molar-refractivity contribution in [3.63, 3.8) is 0 Å². The number of hydrogen-bond donors (Lipinski definition) is 1. The van der Waals surface area contributed by atoms with Crippen LogP contribution >= 0.6 is 0 Å². The molecule has 1 amide bonds. The third-order valence-corrected chi connectivity index (χ3v) is 3.82. The van der Waals surface area contributed by atoms with Gasteiger partial charge in [0.25, 0.3) is 5.91 Å². The summed E-state index contributed by atoms with van der Waals surface area (Å²) in [5.74, 6) is 0.895. The van der Waals surface area contributed by atoms with Crippen LogP contribution in [0.1, 0.15) is 37.8 Å². The maximum atomic E-state index is 12.1. The zero-order valence-electron chi connectivity index (χ0n) is 13.5. The number of aryl methyl sites for hydroxylation is 1. The van der Waals surface area contributed by atoms with Crippen LogP contribution in [0.3, 0.4) is 0 Å². The van der Waals surface area contributed by atoms with Crippen molar-refractivity contribution in [1.82, 2.24) is 10.2 Å². The first-order valence-corrected chi connectivity index (χ1v) is 7.69. The molecule has 1 N–H and O–H groups in total. The summed E-state index contributed by atoms with van der Waals surface area (Å²) in [6, 6.07) is 6.94. The molecule has 4 nitrogen and oxygen atoms in total. The predicted octanol–water partition coefficient (Wildman–Crippen LogP) is 2.49. The van der Waals surface area contributed by atoms with Gasteiger partial charge in [-0.1, -0.05) is 32.0 Å². The molecule has 1 aromatic rings. The van der Waals surface area contributed by atoms with Crippen LogP contribution in [0.5, 0.6) is 5.75 Å². The Kier molecular flexibility index (Phi) is 5.23. The molecule has 1 aliphatic carbocycles. The molecule has 116 valence electrons. The minimum atomic E-state index is 0.0588. The number of benzene rings is 1. The van der Waals surface area contributed by atoms with Gasteiger partial charge in [-0.2, -0.15) is 0 Å². The van der Waals surface area contributed by atoms with E-state index in [-0.39, 0.29) is 12.5 Å². The van der Waals surface area contributed by atoms with Crippen LogP contribution in [0.2, 0.25) is 0 Å². The Morgan fingerprint density at radius 3 is 2.76 bits per heavy atom. The number of hydrogen-bond acceptors (Lipinski definition) is 3. The van der Waals surface area contributed by atoms with E-state index in [1.165, 1.54) is 0 Å². The zero-order valence-corrected chi connectivity index (χ0v) is 13.5. The average Bonchev–Trinajstić information content (AvgIpc) is 3.27. The Bertz CT molecular complexity index is 496. The van der Waals surface area contributed by atoms with Gasteiger partial charge < -0.3 is 15.0 Å². The van der Waals surface area contributed by atoms with Gasteiger partial charge >= 0.3 is 0 Å². The van der Waals surface area contributed by atoms with Gasteiger partial charge in [0.05, 0.1) is 0 Å². The van der Waals surface area contributed by atoms with Crippen LogP contribution < -0.4 is 10.1 Å². The van der Waals surface area contributed by atoms with Crippen molar-refractivity contribution in [3.05, 3.63) is 29.3 Å². The molecular formula is C17H26N2O2. The quantitative estimate of drug-likeness (QED) is 0.839. The van der Waals surface area contributed by atoms with Crippen molar-refractivity contribution in [3.8, 4) is 5.75 Å². The lowest BCUT2D eigenvalue weighted by molar-refractivity contribution is -0.132. The third kappa shape index (κ3) is 4.46. The van der Waals surface area contributed by atoms with Crippen molar-refractivity contribution >= 4 is 5.91 Å². The molecule has 0 heterocycles. The number of nitrogens with one attached hydrogen (secondary N) is 1.